The van der Waals surface area contributed by atoms with Crippen LogP contribution in [0.15, 0.2) is 47.6 Å². The standard InChI is InChI=1S/C18H18N4O2S/c1-11-7-8-13(9-12(11)2)19-17(24)22-16(23)10-25-18-20-14-5-3-4-6-15(14)21-18/h3-9H,10H2,1-2H3,(H,20,21)(H2,19,22,23,24). The van der Waals surface area contributed by atoms with Crippen molar-refractivity contribution in [3.63, 3.8) is 0 Å². The minimum Gasteiger partial charge on any atom is -0.333 e. The summed E-state index contributed by atoms with van der Waals surface area (Å²) in [7, 11) is 0. The number of H-pyrrole nitrogens is 1. The Hall–Kier alpha value is -2.80. The molecule has 7 heteroatoms. The Balaban J connectivity index is 1.51. The molecule has 0 spiro atoms. The number of para-hydroxylation sites is 2. The number of hydrogen-bond acceptors (Lipinski definition) is 4. The van der Waals surface area contributed by atoms with Crippen LogP contribution >= 0.6 is 11.8 Å². The van der Waals surface area contributed by atoms with Crippen LogP contribution in [-0.4, -0.2) is 27.7 Å². The zero-order chi connectivity index (χ0) is 17.8. The molecule has 0 radical (unpaired) electrons. The van der Waals surface area contributed by atoms with Crippen molar-refractivity contribution in [1.29, 1.82) is 0 Å². The first-order valence-corrected chi connectivity index (χ1v) is 8.75. The van der Waals surface area contributed by atoms with Crippen molar-refractivity contribution in [2.45, 2.75) is 19.0 Å². The molecule has 3 amide bonds. The van der Waals surface area contributed by atoms with Crippen LogP contribution in [0, 0.1) is 13.8 Å². The van der Waals surface area contributed by atoms with Gasteiger partial charge in [0.15, 0.2) is 5.16 Å². The molecule has 0 aliphatic rings. The number of amides is 3. The highest BCUT2D eigenvalue weighted by molar-refractivity contribution is 7.99. The summed E-state index contributed by atoms with van der Waals surface area (Å²) in [5.41, 5.74) is 4.63. The lowest BCUT2D eigenvalue weighted by Crippen LogP contribution is -2.35. The van der Waals surface area contributed by atoms with E-state index in [0.717, 1.165) is 22.2 Å². The van der Waals surface area contributed by atoms with E-state index in [1.807, 2.05) is 50.2 Å². The van der Waals surface area contributed by atoms with Crippen molar-refractivity contribution in [3.05, 3.63) is 53.6 Å². The van der Waals surface area contributed by atoms with Gasteiger partial charge in [-0.3, -0.25) is 10.1 Å². The van der Waals surface area contributed by atoms with E-state index >= 15 is 0 Å². The third kappa shape index (κ3) is 4.39. The molecule has 0 atom stereocenters. The predicted octanol–water partition coefficient (Wildman–Crippen LogP) is 3.62. The monoisotopic (exact) mass is 354 g/mol. The summed E-state index contributed by atoms with van der Waals surface area (Å²) in [5, 5.41) is 5.62. The van der Waals surface area contributed by atoms with Crippen molar-refractivity contribution in [3.8, 4) is 0 Å². The number of nitrogens with one attached hydrogen (secondary N) is 3. The fraction of sp³-hybridized carbons (Fsp3) is 0.167. The number of imidazole rings is 1. The van der Waals surface area contributed by atoms with Crippen molar-refractivity contribution in [2.24, 2.45) is 0 Å². The quantitative estimate of drug-likeness (QED) is 0.625. The number of thioether (sulfide) groups is 1. The number of rotatable bonds is 4. The molecular formula is C18H18N4O2S. The fourth-order valence-electron chi connectivity index (χ4n) is 2.28. The second kappa shape index (κ2) is 7.40. The number of hydrogen-bond donors (Lipinski definition) is 3. The highest BCUT2D eigenvalue weighted by Crippen LogP contribution is 2.19. The first kappa shape index (κ1) is 17.0. The molecule has 0 saturated carbocycles. The Morgan fingerprint density at radius 3 is 2.68 bits per heavy atom. The molecule has 0 saturated heterocycles. The molecule has 128 valence electrons. The maximum Gasteiger partial charge on any atom is 0.325 e. The third-order valence-corrected chi connectivity index (χ3v) is 4.60. The van der Waals surface area contributed by atoms with E-state index < -0.39 is 6.03 Å². The number of nitrogens with zero attached hydrogens (tertiary/aromatic N) is 1. The first-order valence-electron chi connectivity index (χ1n) is 7.77. The van der Waals surface area contributed by atoms with Gasteiger partial charge < -0.3 is 10.3 Å². The van der Waals surface area contributed by atoms with Crippen molar-refractivity contribution < 1.29 is 9.59 Å². The van der Waals surface area contributed by atoms with E-state index in [4.69, 9.17) is 0 Å². The summed E-state index contributed by atoms with van der Waals surface area (Å²) in [6, 6.07) is 12.7. The number of aromatic amines is 1. The van der Waals surface area contributed by atoms with Gasteiger partial charge >= 0.3 is 6.03 Å². The van der Waals surface area contributed by atoms with Gasteiger partial charge in [0.1, 0.15) is 0 Å². The normalized spacial score (nSPS) is 10.6. The highest BCUT2D eigenvalue weighted by Gasteiger charge is 2.10. The first-order chi connectivity index (χ1) is 12.0. The van der Waals surface area contributed by atoms with Crippen LogP contribution in [0.25, 0.3) is 11.0 Å². The molecule has 3 N–H and O–H groups in total. The number of aryl methyl sites for hydroxylation is 2. The Bertz CT molecular complexity index is 903. The minimum atomic E-state index is -0.543. The van der Waals surface area contributed by atoms with Crippen molar-refractivity contribution >= 4 is 40.4 Å². The summed E-state index contributed by atoms with van der Waals surface area (Å²) < 4.78 is 0. The van der Waals surface area contributed by atoms with Gasteiger partial charge in [-0.1, -0.05) is 30.0 Å². The number of benzene rings is 2. The van der Waals surface area contributed by atoms with Gasteiger partial charge in [0.2, 0.25) is 5.91 Å². The maximum atomic E-state index is 11.9. The van der Waals surface area contributed by atoms with Crippen LogP contribution in [0.2, 0.25) is 0 Å². The Labute approximate surface area is 149 Å². The van der Waals surface area contributed by atoms with E-state index in [-0.39, 0.29) is 11.7 Å². The number of aromatic nitrogens is 2. The largest absolute Gasteiger partial charge is 0.333 e. The molecule has 1 heterocycles. The molecule has 0 fully saturated rings. The van der Waals surface area contributed by atoms with Crippen molar-refractivity contribution in [1.82, 2.24) is 15.3 Å². The van der Waals surface area contributed by atoms with Crippen LogP contribution in [0.4, 0.5) is 10.5 Å². The zero-order valence-electron chi connectivity index (χ0n) is 13.9. The number of urea groups is 1. The van der Waals surface area contributed by atoms with Crippen LogP contribution in [0.3, 0.4) is 0 Å². The molecule has 0 aliphatic carbocycles. The van der Waals surface area contributed by atoms with E-state index in [2.05, 4.69) is 20.6 Å². The van der Waals surface area contributed by atoms with Gasteiger partial charge in [-0.15, -0.1) is 0 Å². The maximum absolute atomic E-state index is 11.9. The second-order valence-corrected chi connectivity index (χ2v) is 6.61. The van der Waals surface area contributed by atoms with Crippen LogP contribution in [0.5, 0.6) is 0 Å². The molecule has 0 bridgehead atoms. The smallest absolute Gasteiger partial charge is 0.325 e. The average molecular weight is 354 g/mol. The molecule has 25 heavy (non-hydrogen) atoms. The highest BCUT2D eigenvalue weighted by atomic mass is 32.2. The lowest BCUT2D eigenvalue weighted by Gasteiger charge is -2.08. The molecule has 3 aromatic rings. The number of carbonyl (C=O) groups is 2. The average Bonchev–Trinajstić information content (AvgIpc) is 2.99. The Morgan fingerprint density at radius 1 is 1.12 bits per heavy atom. The van der Waals surface area contributed by atoms with Crippen molar-refractivity contribution in [2.75, 3.05) is 11.1 Å². The molecule has 3 rings (SSSR count). The summed E-state index contributed by atoms with van der Waals surface area (Å²) in [6.07, 6.45) is 0. The predicted molar refractivity (Wildman–Crippen MR) is 99.9 cm³/mol. The minimum absolute atomic E-state index is 0.0974. The van der Waals surface area contributed by atoms with Gasteiger partial charge in [-0.25, -0.2) is 9.78 Å². The number of imide groups is 1. The third-order valence-electron chi connectivity index (χ3n) is 3.73. The zero-order valence-corrected chi connectivity index (χ0v) is 14.7. The summed E-state index contributed by atoms with van der Waals surface area (Å²) >= 11 is 1.25. The van der Waals surface area contributed by atoms with Gasteiger partial charge in [0, 0.05) is 5.69 Å². The number of fused-ring (bicyclic) bond motifs is 1. The second-order valence-electron chi connectivity index (χ2n) is 5.65. The Kier molecular flexibility index (Phi) is 5.04. The lowest BCUT2D eigenvalue weighted by atomic mass is 10.1. The van der Waals surface area contributed by atoms with Crippen LogP contribution < -0.4 is 10.6 Å². The molecule has 0 unspecified atom stereocenters. The van der Waals surface area contributed by atoms with Crippen LogP contribution in [-0.2, 0) is 4.79 Å². The van der Waals surface area contributed by atoms with Gasteiger partial charge in [-0.2, -0.15) is 0 Å². The number of anilines is 1. The molecule has 6 nitrogen and oxygen atoms in total. The van der Waals surface area contributed by atoms with Gasteiger partial charge in [0.05, 0.1) is 16.8 Å². The van der Waals surface area contributed by atoms with E-state index in [0.29, 0.717) is 10.8 Å². The van der Waals surface area contributed by atoms with E-state index in [1.165, 1.54) is 11.8 Å². The topological polar surface area (TPSA) is 86.9 Å². The SMILES string of the molecule is Cc1ccc(NC(=O)NC(=O)CSc2nc3ccccc3[nH]2)cc1C. The lowest BCUT2D eigenvalue weighted by molar-refractivity contribution is -0.117. The van der Waals surface area contributed by atoms with E-state index in [9.17, 15) is 9.59 Å². The summed E-state index contributed by atoms with van der Waals surface area (Å²) in [5.74, 6) is -0.285. The molecule has 0 aliphatic heterocycles. The molecule has 1 aromatic heterocycles. The summed E-state index contributed by atoms with van der Waals surface area (Å²) in [4.78, 5) is 31.3. The van der Waals surface area contributed by atoms with Gasteiger partial charge in [-0.05, 0) is 49.2 Å². The number of carbonyl (C=O) groups excluding carboxylic acids is 2. The molecule has 2 aromatic carbocycles. The van der Waals surface area contributed by atoms with E-state index in [1.54, 1.807) is 6.07 Å². The van der Waals surface area contributed by atoms with Crippen LogP contribution in [0.1, 0.15) is 11.1 Å². The molecular weight excluding hydrogens is 336 g/mol. The fourth-order valence-corrected chi connectivity index (χ4v) is 2.96. The summed E-state index contributed by atoms with van der Waals surface area (Å²) in [6.45, 7) is 3.96. The van der Waals surface area contributed by atoms with Gasteiger partial charge in [0.25, 0.3) is 0 Å². The Morgan fingerprint density at radius 2 is 1.92 bits per heavy atom.